The fourth-order valence-electron chi connectivity index (χ4n) is 4.46. The maximum Gasteiger partial charge on any atom is 0.229 e. The molecular formula is C21H25N3O2. The van der Waals surface area contributed by atoms with Gasteiger partial charge in [0.05, 0.1) is 17.6 Å². The molecule has 2 atom stereocenters. The summed E-state index contributed by atoms with van der Waals surface area (Å²) in [7, 11) is 0. The molecule has 0 unspecified atom stereocenters. The molecule has 1 aromatic carbocycles. The highest BCUT2D eigenvalue weighted by Crippen LogP contribution is 2.46. The number of benzene rings is 1. The standard InChI is InChI=1S/C21H25N3O2/c1-15-23-20(26-24-15)16-6-5-11-21(13-16,14-22)17-7-4-10-19(12-17)25-18-8-2-3-9-18/h4,7,10,12,16,18H,2-3,5-6,8-9,11,13H2,1H3/t16-,21-/m1/s1. The lowest BCUT2D eigenvalue weighted by Gasteiger charge is -2.35. The van der Waals surface area contributed by atoms with Crippen molar-refractivity contribution in [3.8, 4) is 11.8 Å². The predicted molar refractivity (Wildman–Crippen MR) is 96.9 cm³/mol. The zero-order valence-electron chi connectivity index (χ0n) is 15.3. The maximum atomic E-state index is 10.1. The minimum Gasteiger partial charge on any atom is -0.490 e. The van der Waals surface area contributed by atoms with Crippen molar-refractivity contribution in [2.45, 2.75) is 75.7 Å². The van der Waals surface area contributed by atoms with Crippen molar-refractivity contribution in [2.75, 3.05) is 0 Å². The number of hydrogen-bond donors (Lipinski definition) is 0. The Kier molecular flexibility index (Phi) is 4.67. The van der Waals surface area contributed by atoms with E-state index in [-0.39, 0.29) is 5.92 Å². The van der Waals surface area contributed by atoms with E-state index >= 15 is 0 Å². The summed E-state index contributed by atoms with van der Waals surface area (Å²) in [4.78, 5) is 4.40. The lowest BCUT2D eigenvalue weighted by atomic mass is 9.66. The van der Waals surface area contributed by atoms with E-state index in [0.717, 1.165) is 49.8 Å². The van der Waals surface area contributed by atoms with Crippen LogP contribution in [0.15, 0.2) is 28.8 Å². The molecule has 4 rings (SSSR count). The topological polar surface area (TPSA) is 71.9 Å². The molecule has 0 N–H and O–H groups in total. The van der Waals surface area contributed by atoms with Crippen molar-refractivity contribution < 1.29 is 9.26 Å². The number of ether oxygens (including phenoxy) is 1. The molecule has 0 bridgehead atoms. The first-order chi connectivity index (χ1) is 12.7. The van der Waals surface area contributed by atoms with E-state index in [4.69, 9.17) is 9.26 Å². The Morgan fingerprint density at radius 3 is 2.81 bits per heavy atom. The van der Waals surface area contributed by atoms with Crippen LogP contribution >= 0.6 is 0 Å². The number of aromatic nitrogens is 2. The van der Waals surface area contributed by atoms with Gasteiger partial charge in [-0.3, -0.25) is 0 Å². The van der Waals surface area contributed by atoms with Crippen molar-refractivity contribution in [2.24, 2.45) is 0 Å². The third kappa shape index (κ3) is 3.33. The monoisotopic (exact) mass is 351 g/mol. The molecule has 136 valence electrons. The number of rotatable bonds is 4. The molecule has 0 radical (unpaired) electrons. The lowest BCUT2D eigenvalue weighted by Crippen LogP contribution is -2.31. The van der Waals surface area contributed by atoms with Gasteiger partial charge in [0, 0.05) is 5.92 Å². The Hall–Kier alpha value is -2.35. The summed E-state index contributed by atoms with van der Waals surface area (Å²) in [6, 6.07) is 10.8. The van der Waals surface area contributed by atoms with Crippen LogP contribution in [0, 0.1) is 18.3 Å². The van der Waals surface area contributed by atoms with E-state index < -0.39 is 5.41 Å². The first-order valence-electron chi connectivity index (χ1n) is 9.67. The van der Waals surface area contributed by atoms with Crippen molar-refractivity contribution in [3.05, 3.63) is 41.5 Å². The largest absolute Gasteiger partial charge is 0.490 e. The molecule has 0 saturated heterocycles. The molecule has 2 aliphatic rings. The van der Waals surface area contributed by atoms with Crippen LogP contribution in [0.1, 0.15) is 74.6 Å². The van der Waals surface area contributed by atoms with E-state index in [2.05, 4.69) is 28.3 Å². The Balaban J connectivity index is 1.58. The zero-order valence-corrected chi connectivity index (χ0v) is 15.3. The number of nitriles is 1. The van der Waals surface area contributed by atoms with Gasteiger partial charge in [0.15, 0.2) is 5.82 Å². The van der Waals surface area contributed by atoms with Crippen molar-refractivity contribution in [3.63, 3.8) is 0 Å². The van der Waals surface area contributed by atoms with Gasteiger partial charge in [-0.1, -0.05) is 23.7 Å². The van der Waals surface area contributed by atoms with Gasteiger partial charge in [0.1, 0.15) is 5.75 Å². The van der Waals surface area contributed by atoms with Crippen LogP contribution in [-0.2, 0) is 5.41 Å². The van der Waals surface area contributed by atoms with Gasteiger partial charge in [0.25, 0.3) is 0 Å². The second-order valence-electron chi connectivity index (χ2n) is 7.72. The van der Waals surface area contributed by atoms with Crippen LogP contribution in [-0.4, -0.2) is 16.2 Å². The molecule has 2 aromatic rings. The highest BCUT2D eigenvalue weighted by atomic mass is 16.5. The van der Waals surface area contributed by atoms with Crippen LogP contribution in [0.3, 0.4) is 0 Å². The van der Waals surface area contributed by atoms with Crippen LogP contribution in [0.5, 0.6) is 5.75 Å². The zero-order chi connectivity index (χ0) is 18.0. The summed E-state index contributed by atoms with van der Waals surface area (Å²) >= 11 is 0. The molecular weight excluding hydrogens is 326 g/mol. The summed E-state index contributed by atoms with van der Waals surface area (Å²) in [6.45, 7) is 1.83. The van der Waals surface area contributed by atoms with Crippen LogP contribution < -0.4 is 4.74 Å². The molecule has 2 fully saturated rings. The van der Waals surface area contributed by atoms with Crippen LogP contribution in [0.4, 0.5) is 0 Å². The quantitative estimate of drug-likeness (QED) is 0.790. The molecule has 1 heterocycles. The molecule has 5 nitrogen and oxygen atoms in total. The normalized spacial score (nSPS) is 26.5. The lowest BCUT2D eigenvalue weighted by molar-refractivity contribution is 0.209. The predicted octanol–water partition coefficient (Wildman–Crippen LogP) is 4.82. The highest BCUT2D eigenvalue weighted by Gasteiger charge is 2.40. The maximum absolute atomic E-state index is 10.1. The smallest absolute Gasteiger partial charge is 0.229 e. The summed E-state index contributed by atoms with van der Waals surface area (Å²) in [5, 5.41) is 14.0. The Morgan fingerprint density at radius 2 is 2.08 bits per heavy atom. The van der Waals surface area contributed by atoms with E-state index in [1.807, 2.05) is 19.1 Å². The first-order valence-corrected chi connectivity index (χ1v) is 9.67. The van der Waals surface area contributed by atoms with Crippen LogP contribution in [0.2, 0.25) is 0 Å². The van der Waals surface area contributed by atoms with E-state index in [0.29, 0.717) is 17.8 Å². The van der Waals surface area contributed by atoms with Crippen molar-refractivity contribution in [1.29, 1.82) is 5.26 Å². The van der Waals surface area contributed by atoms with Crippen LogP contribution in [0.25, 0.3) is 0 Å². The van der Waals surface area contributed by atoms with Gasteiger partial charge in [-0.05, 0) is 69.6 Å². The molecule has 0 amide bonds. The summed E-state index contributed by atoms with van der Waals surface area (Å²) in [6.07, 6.45) is 8.63. The molecule has 1 aromatic heterocycles. The van der Waals surface area contributed by atoms with Gasteiger partial charge in [0.2, 0.25) is 5.89 Å². The Bertz CT molecular complexity index is 804. The fourth-order valence-corrected chi connectivity index (χ4v) is 4.46. The SMILES string of the molecule is Cc1noc([C@@H]2CCC[C@@](C#N)(c3cccc(OC4CCCC4)c3)C2)n1. The third-order valence-corrected chi connectivity index (χ3v) is 5.85. The average molecular weight is 351 g/mol. The average Bonchev–Trinajstić information content (AvgIpc) is 3.34. The third-order valence-electron chi connectivity index (χ3n) is 5.85. The minimum atomic E-state index is -0.514. The van der Waals surface area contributed by atoms with Gasteiger partial charge < -0.3 is 9.26 Å². The van der Waals surface area contributed by atoms with Gasteiger partial charge in [-0.2, -0.15) is 10.2 Å². The molecule has 0 spiro atoms. The van der Waals surface area contributed by atoms with E-state index in [1.54, 1.807) is 0 Å². The summed E-state index contributed by atoms with van der Waals surface area (Å²) in [5.41, 5.74) is 0.539. The number of nitrogens with zero attached hydrogens (tertiary/aromatic N) is 3. The molecule has 2 aliphatic carbocycles. The van der Waals surface area contributed by atoms with Crippen molar-refractivity contribution in [1.82, 2.24) is 10.1 Å². The summed E-state index contributed by atoms with van der Waals surface area (Å²) < 4.78 is 11.6. The first kappa shape index (κ1) is 17.1. The Morgan fingerprint density at radius 1 is 1.23 bits per heavy atom. The minimum absolute atomic E-state index is 0.143. The number of hydrogen-bond acceptors (Lipinski definition) is 5. The highest BCUT2D eigenvalue weighted by molar-refractivity contribution is 5.39. The van der Waals surface area contributed by atoms with E-state index in [9.17, 15) is 5.26 Å². The van der Waals surface area contributed by atoms with E-state index in [1.165, 1.54) is 12.8 Å². The fraction of sp³-hybridized carbons (Fsp3) is 0.571. The Labute approximate surface area is 154 Å². The number of aryl methyl sites for hydroxylation is 1. The van der Waals surface area contributed by atoms with Crippen molar-refractivity contribution >= 4 is 0 Å². The van der Waals surface area contributed by atoms with Gasteiger partial charge in [-0.15, -0.1) is 0 Å². The molecule has 26 heavy (non-hydrogen) atoms. The molecule has 0 aliphatic heterocycles. The summed E-state index contributed by atoms with van der Waals surface area (Å²) in [5.74, 6) is 2.35. The second-order valence-corrected chi connectivity index (χ2v) is 7.72. The molecule has 2 saturated carbocycles. The van der Waals surface area contributed by atoms with Gasteiger partial charge >= 0.3 is 0 Å². The van der Waals surface area contributed by atoms with Gasteiger partial charge in [-0.25, -0.2) is 0 Å². The second kappa shape index (κ2) is 7.11. The molecule has 5 heteroatoms.